The van der Waals surface area contributed by atoms with Crippen LogP contribution in [0.2, 0.25) is 0 Å². The number of nitrogens with zero attached hydrogens (tertiary/aromatic N) is 1. The van der Waals surface area contributed by atoms with E-state index in [4.69, 9.17) is 10.5 Å². The lowest BCUT2D eigenvalue weighted by atomic mass is 9.73. The summed E-state index contributed by atoms with van der Waals surface area (Å²) in [6.45, 7) is 0. The number of Topliss-reactive ketones (excluding diaryl/α,β-unsaturated/α-hetero) is 1. The summed E-state index contributed by atoms with van der Waals surface area (Å²) in [6, 6.07) is 16.2. The van der Waals surface area contributed by atoms with Crippen LogP contribution in [0.4, 0.5) is 13.2 Å². The van der Waals surface area contributed by atoms with Crippen molar-refractivity contribution < 1.29 is 22.7 Å². The van der Waals surface area contributed by atoms with Gasteiger partial charge in [0, 0.05) is 18.4 Å². The lowest BCUT2D eigenvalue weighted by Gasteiger charge is -2.34. The zero-order chi connectivity index (χ0) is 21.5. The lowest BCUT2D eigenvalue weighted by Crippen LogP contribution is -2.30. The van der Waals surface area contributed by atoms with Crippen molar-refractivity contribution in [3.63, 3.8) is 0 Å². The van der Waals surface area contributed by atoms with Crippen LogP contribution >= 0.6 is 0 Å². The van der Waals surface area contributed by atoms with Crippen LogP contribution < -0.4 is 5.73 Å². The second-order valence-electron chi connectivity index (χ2n) is 7.29. The third-order valence-corrected chi connectivity index (χ3v) is 5.51. The molecule has 0 spiro atoms. The van der Waals surface area contributed by atoms with Gasteiger partial charge in [0.25, 0.3) is 0 Å². The molecule has 2 aliphatic rings. The van der Waals surface area contributed by atoms with E-state index in [1.165, 1.54) is 18.2 Å². The maximum absolute atomic E-state index is 13.7. The average molecular weight is 410 g/mol. The van der Waals surface area contributed by atoms with Crippen LogP contribution in [0.15, 0.2) is 77.4 Å². The topological polar surface area (TPSA) is 76.1 Å². The molecule has 152 valence electrons. The minimum atomic E-state index is -4.64. The Hall–Kier alpha value is -3.53. The molecule has 0 fully saturated rings. The average Bonchev–Trinajstić information content (AvgIpc) is 2.72. The number of ether oxygens (including phenoxy) is 1. The van der Waals surface area contributed by atoms with E-state index in [-0.39, 0.29) is 46.5 Å². The molecule has 1 aliphatic heterocycles. The van der Waals surface area contributed by atoms with Crippen molar-refractivity contribution in [3.05, 3.63) is 94.1 Å². The van der Waals surface area contributed by atoms with Crippen LogP contribution in [0, 0.1) is 11.3 Å². The molecule has 0 radical (unpaired) electrons. The van der Waals surface area contributed by atoms with Gasteiger partial charge < -0.3 is 10.5 Å². The predicted octanol–water partition coefficient (Wildman–Crippen LogP) is 4.91. The summed E-state index contributed by atoms with van der Waals surface area (Å²) in [5.74, 6) is -1.75. The number of halogens is 3. The van der Waals surface area contributed by atoms with Crippen molar-refractivity contribution >= 4 is 5.78 Å². The second-order valence-corrected chi connectivity index (χ2v) is 7.29. The summed E-state index contributed by atoms with van der Waals surface area (Å²) >= 11 is 0. The Labute approximate surface area is 171 Å². The van der Waals surface area contributed by atoms with Gasteiger partial charge in [-0.2, -0.15) is 18.4 Å². The molecule has 2 aromatic carbocycles. The van der Waals surface area contributed by atoms with Gasteiger partial charge >= 0.3 is 6.18 Å². The van der Waals surface area contributed by atoms with Crippen molar-refractivity contribution in [1.82, 2.24) is 0 Å². The van der Waals surface area contributed by atoms with E-state index in [9.17, 15) is 23.2 Å². The first-order valence-electron chi connectivity index (χ1n) is 9.36. The molecule has 2 atom stereocenters. The van der Waals surface area contributed by atoms with Gasteiger partial charge in [0.1, 0.15) is 17.4 Å². The van der Waals surface area contributed by atoms with Crippen LogP contribution in [-0.2, 0) is 15.7 Å². The fraction of sp³-hybridized carbons (Fsp3) is 0.217. The molecular weight excluding hydrogens is 393 g/mol. The van der Waals surface area contributed by atoms with E-state index >= 15 is 0 Å². The van der Waals surface area contributed by atoms with Crippen molar-refractivity contribution in [3.8, 4) is 6.07 Å². The first-order valence-corrected chi connectivity index (χ1v) is 9.36. The summed E-state index contributed by atoms with van der Waals surface area (Å²) in [4.78, 5) is 13.1. The molecule has 4 nitrogen and oxygen atoms in total. The zero-order valence-corrected chi connectivity index (χ0v) is 15.7. The Morgan fingerprint density at radius 3 is 2.37 bits per heavy atom. The summed E-state index contributed by atoms with van der Waals surface area (Å²) in [5.41, 5.74) is 5.68. The van der Waals surface area contributed by atoms with E-state index in [1.807, 2.05) is 36.4 Å². The molecule has 0 bridgehead atoms. The summed E-state index contributed by atoms with van der Waals surface area (Å²) < 4.78 is 46.6. The molecule has 7 heteroatoms. The molecule has 0 amide bonds. The molecular formula is C23H17F3N2O2. The highest BCUT2D eigenvalue weighted by molar-refractivity contribution is 6.00. The van der Waals surface area contributed by atoms with Crippen molar-refractivity contribution in [2.24, 2.45) is 5.73 Å². The largest absolute Gasteiger partial charge is 0.444 e. The van der Waals surface area contributed by atoms with E-state index in [1.54, 1.807) is 0 Å². The van der Waals surface area contributed by atoms with Crippen LogP contribution in [0.1, 0.15) is 41.4 Å². The fourth-order valence-electron chi connectivity index (χ4n) is 4.19. The highest BCUT2D eigenvalue weighted by atomic mass is 19.4. The van der Waals surface area contributed by atoms with E-state index < -0.39 is 17.7 Å². The Bertz CT molecular complexity index is 1110. The Kier molecular flexibility index (Phi) is 4.86. The molecule has 0 saturated carbocycles. The lowest BCUT2D eigenvalue weighted by molar-refractivity contribution is -0.138. The van der Waals surface area contributed by atoms with Gasteiger partial charge in [0.15, 0.2) is 5.78 Å². The normalized spacial score (nSPS) is 21.7. The number of benzene rings is 2. The quantitative estimate of drug-likeness (QED) is 0.763. The number of carbonyl (C=O) groups is 1. The fourth-order valence-corrected chi connectivity index (χ4v) is 4.19. The number of alkyl halides is 3. The second kappa shape index (κ2) is 7.38. The smallest absolute Gasteiger partial charge is 0.416 e. The number of hydrogen-bond donors (Lipinski definition) is 1. The number of allylic oxidation sites excluding steroid dienone is 3. The van der Waals surface area contributed by atoms with Gasteiger partial charge in [0.05, 0.1) is 11.5 Å². The van der Waals surface area contributed by atoms with Crippen molar-refractivity contribution in [2.45, 2.75) is 30.9 Å². The number of nitriles is 1. The first kappa shape index (κ1) is 19.8. The molecule has 1 heterocycles. The van der Waals surface area contributed by atoms with Crippen LogP contribution in [0.25, 0.3) is 0 Å². The third kappa shape index (κ3) is 3.35. The van der Waals surface area contributed by atoms with E-state index in [0.29, 0.717) is 6.42 Å². The first-order chi connectivity index (χ1) is 14.3. The van der Waals surface area contributed by atoms with Gasteiger partial charge in [-0.1, -0.05) is 48.5 Å². The standard InChI is InChI=1S/C23H17F3N2O2/c24-23(25,26)17-9-5-4-8-15(17)20-16(12-27)22(28)30-19-11-14(10-18(29)21(19)20)13-6-2-1-3-7-13/h1-9,14,20H,10-11,28H2. The molecule has 2 aromatic rings. The van der Waals surface area contributed by atoms with Gasteiger partial charge in [-0.15, -0.1) is 0 Å². The minimum absolute atomic E-state index is 0.0876. The molecule has 4 rings (SSSR count). The number of hydrogen-bond acceptors (Lipinski definition) is 4. The molecule has 1 aliphatic carbocycles. The Morgan fingerprint density at radius 1 is 1.03 bits per heavy atom. The highest BCUT2D eigenvalue weighted by Gasteiger charge is 2.44. The molecule has 0 aromatic heterocycles. The molecule has 2 N–H and O–H groups in total. The molecule has 0 saturated heterocycles. The minimum Gasteiger partial charge on any atom is -0.444 e. The van der Waals surface area contributed by atoms with Crippen LogP contribution in [0.3, 0.4) is 0 Å². The maximum Gasteiger partial charge on any atom is 0.416 e. The maximum atomic E-state index is 13.7. The van der Waals surface area contributed by atoms with Gasteiger partial charge in [-0.25, -0.2) is 0 Å². The molecule has 2 unspecified atom stereocenters. The Balaban J connectivity index is 1.86. The summed E-state index contributed by atoms with van der Waals surface area (Å²) in [6.07, 6.45) is -4.21. The summed E-state index contributed by atoms with van der Waals surface area (Å²) in [5, 5.41) is 9.61. The number of rotatable bonds is 2. The zero-order valence-electron chi connectivity index (χ0n) is 15.7. The van der Waals surface area contributed by atoms with Crippen LogP contribution in [0.5, 0.6) is 0 Å². The third-order valence-electron chi connectivity index (χ3n) is 5.51. The highest BCUT2D eigenvalue weighted by Crippen LogP contribution is 2.49. The van der Waals surface area contributed by atoms with Gasteiger partial charge in [-0.3, -0.25) is 4.79 Å². The van der Waals surface area contributed by atoms with E-state index in [0.717, 1.165) is 11.6 Å². The number of ketones is 1. The molecule has 30 heavy (non-hydrogen) atoms. The number of carbonyl (C=O) groups excluding carboxylic acids is 1. The van der Waals surface area contributed by atoms with E-state index in [2.05, 4.69) is 0 Å². The number of nitrogens with two attached hydrogens (primary N) is 1. The monoisotopic (exact) mass is 410 g/mol. The van der Waals surface area contributed by atoms with Crippen LogP contribution in [-0.4, -0.2) is 5.78 Å². The SMILES string of the molecule is N#CC1=C(N)OC2=C(C(=O)CC(c3ccccc3)C2)C1c1ccccc1C(F)(F)F. The van der Waals surface area contributed by atoms with Crippen molar-refractivity contribution in [2.75, 3.05) is 0 Å². The Morgan fingerprint density at radius 2 is 1.70 bits per heavy atom. The van der Waals surface area contributed by atoms with Crippen molar-refractivity contribution in [1.29, 1.82) is 5.26 Å². The predicted molar refractivity (Wildman–Crippen MR) is 103 cm³/mol. The summed E-state index contributed by atoms with van der Waals surface area (Å²) in [7, 11) is 0. The van der Waals surface area contributed by atoms with Gasteiger partial charge in [0.2, 0.25) is 5.88 Å². The van der Waals surface area contributed by atoms with Gasteiger partial charge in [-0.05, 0) is 23.1 Å².